The van der Waals surface area contributed by atoms with Crippen LogP contribution in [0, 0.1) is 11.6 Å². The third-order valence-electron chi connectivity index (χ3n) is 4.32. The Kier molecular flexibility index (Phi) is 5.09. The fourth-order valence-electron chi connectivity index (χ4n) is 2.90. The van der Waals surface area contributed by atoms with Gasteiger partial charge in [0, 0.05) is 5.56 Å². The summed E-state index contributed by atoms with van der Waals surface area (Å²) >= 11 is 0. The van der Waals surface area contributed by atoms with Crippen LogP contribution in [0.25, 0.3) is 0 Å². The van der Waals surface area contributed by atoms with Crippen molar-refractivity contribution in [1.29, 1.82) is 0 Å². The molecular formula is C19H18F2N2O4. The van der Waals surface area contributed by atoms with Gasteiger partial charge in [-0.15, -0.1) is 0 Å². The van der Waals surface area contributed by atoms with Crippen LogP contribution in [0.5, 0.6) is 5.75 Å². The Balaban J connectivity index is 1.71. The zero-order valence-corrected chi connectivity index (χ0v) is 14.5. The van der Waals surface area contributed by atoms with Gasteiger partial charge in [0.25, 0.3) is 5.91 Å². The van der Waals surface area contributed by atoms with Crippen molar-refractivity contribution in [3.8, 4) is 5.75 Å². The van der Waals surface area contributed by atoms with Crippen molar-refractivity contribution in [3.05, 3.63) is 65.7 Å². The van der Waals surface area contributed by atoms with Gasteiger partial charge in [-0.3, -0.25) is 9.69 Å². The van der Waals surface area contributed by atoms with Crippen LogP contribution < -0.4 is 10.1 Å². The van der Waals surface area contributed by atoms with Crippen LogP contribution in [-0.2, 0) is 10.3 Å². The number of carbonyl (C=O) groups is 2. The van der Waals surface area contributed by atoms with E-state index in [1.807, 2.05) is 6.07 Å². The predicted octanol–water partition coefficient (Wildman–Crippen LogP) is 2.17. The van der Waals surface area contributed by atoms with E-state index in [4.69, 9.17) is 4.74 Å². The van der Waals surface area contributed by atoms with Crippen molar-refractivity contribution in [2.24, 2.45) is 0 Å². The molecule has 1 aliphatic heterocycles. The van der Waals surface area contributed by atoms with Crippen LogP contribution in [0.4, 0.5) is 13.6 Å². The number of hydrogen-bond acceptors (Lipinski definition) is 4. The van der Waals surface area contributed by atoms with Gasteiger partial charge in [0.2, 0.25) is 0 Å². The first-order valence-corrected chi connectivity index (χ1v) is 8.27. The number of ether oxygens (including phenoxy) is 1. The SMILES string of the molecule is C[C@@]1(c2cc(F)ccc2F)NC(=O)N(C[C@H](O)COc2ccccc2)C1=O. The fraction of sp³-hybridized carbons (Fsp3) is 0.263. The minimum atomic E-state index is -1.76. The molecule has 0 bridgehead atoms. The highest BCUT2D eigenvalue weighted by Crippen LogP contribution is 2.31. The molecule has 0 radical (unpaired) electrons. The number of carbonyl (C=O) groups excluding carboxylic acids is 2. The Bertz CT molecular complexity index is 862. The molecule has 2 aromatic rings. The number of para-hydroxylation sites is 1. The zero-order valence-electron chi connectivity index (χ0n) is 14.5. The molecule has 8 heteroatoms. The first-order valence-electron chi connectivity index (χ1n) is 8.27. The second-order valence-electron chi connectivity index (χ2n) is 6.37. The lowest BCUT2D eigenvalue weighted by Crippen LogP contribution is -2.43. The summed E-state index contributed by atoms with van der Waals surface area (Å²) in [5.41, 5.74) is -2.04. The van der Waals surface area contributed by atoms with Gasteiger partial charge in [-0.25, -0.2) is 13.6 Å². The van der Waals surface area contributed by atoms with Crippen molar-refractivity contribution in [1.82, 2.24) is 10.2 Å². The minimum Gasteiger partial charge on any atom is -0.491 e. The van der Waals surface area contributed by atoms with Gasteiger partial charge in [0.15, 0.2) is 0 Å². The molecule has 1 saturated heterocycles. The van der Waals surface area contributed by atoms with Crippen molar-refractivity contribution in [2.75, 3.05) is 13.2 Å². The second kappa shape index (κ2) is 7.32. The molecule has 0 unspecified atom stereocenters. The monoisotopic (exact) mass is 376 g/mol. The van der Waals surface area contributed by atoms with Crippen LogP contribution in [0.1, 0.15) is 12.5 Å². The molecule has 2 aromatic carbocycles. The Morgan fingerprint density at radius 3 is 2.59 bits per heavy atom. The van der Waals surface area contributed by atoms with Gasteiger partial charge in [0.05, 0.1) is 6.54 Å². The highest BCUT2D eigenvalue weighted by atomic mass is 19.1. The van der Waals surface area contributed by atoms with Gasteiger partial charge in [-0.05, 0) is 37.3 Å². The van der Waals surface area contributed by atoms with E-state index in [2.05, 4.69) is 5.32 Å². The van der Waals surface area contributed by atoms with E-state index in [1.165, 1.54) is 6.92 Å². The minimum absolute atomic E-state index is 0.147. The van der Waals surface area contributed by atoms with E-state index in [0.717, 1.165) is 23.1 Å². The van der Waals surface area contributed by atoms with Gasteiger partial charge in [0.1, 0.15) is 35.6 Å². The van der Waals surface area contributed by atoms with Gasteiger partial charge < -0.3 is 15.2 Å². The van der Waals surface area contributed by atoms with Crippen molar-refractivity contribution in [3.63, 3.8) is 0 Å². The third kappa shape index (κ3) is 3.75. The number of halogens is 2. The number of nitrogens with zero attached hydrogens (tertiary/aromatic N) is 1. The summed E-state index contributed by atoms with van der Waals surface area (Å²) in [7, 11) is 0. The lowest BCUT2D eigenvalue weighted by atomic mass is 9.91. The number of benzene rings is 2. The van der Waals surface area contributed by atoms with Crippen molar-refractivity contribution in [2.45, 2.75) is 18.6 Å². The molecule has 0 aliphatic carbocycles. The number of aliphatic hydroxyl groups excluding tert-OH is 1. The molecule has 1 fully saturated rings. The van der Waals surface area contributed by atoms with E-state index in [0.29, 0.717) is 5.75 Å². The number of amides is 3. The summed E-state index contributed by atoms with van der Waals surface area (Å²) in [4.78, 5) is 25.7. The number of hydrogen-bond donors (Lipinski definition) is 2. The van der Waals surface area contributed by atoms with E-state index >= 15 is 0 Å². The summed E-state index contributed by atoms with van der Waals surface area (Å²) < 4.78 is 33.0. The maximum Gasteiger partial charge on any atom is 0.325 e. The molecule has 1 aliphatic rings. The van der Waals surface area contributed by atoms with Gasteiger partial charge in [-0.1, -0.05) is 18.2 Å². The molecule has 0 saturated carbocycles. The molecule has 6 nitrogen and oxygen atoms in total. The maximum atomic E-state index is 14.1. The normalized spacial score (nSPS) is 20.5. The summed E-state index contributed by atoms with van der Waals surface area (Å²) in [6.45, 7) is 0.800. The van der Waals surface area contributed by atoms with Gasteiger partial charge >= 0.3 is 6.03 Å². The summed E-state index contributed by atoms with van der Waals surface area (Å²) in [5.74, 6) is -1.80. The van der Waals surface area contributed by atoms with Crippen molar-refractivity contribution < 1.29 is 28.2 Å². The number of β-amino-alcohol motifs (C(OH)–C–C–N with tert-alkyl or cyclic N) is 1. The summed E-state index contributed by atoms with van der Waals surface area (Å²) in [6.07, 6.45) is -1.15. The highest BCUT2D eigenvalue weighted by molar-refractivity contribution is 6.07. The van der Waals surface area contributed by atoms with E-state index in [9.17, 15) is 23.5 Å². The topological polar surface area (TPSA) is 78.9 Å². The largest absolute Gasteiger partial charge is 0.491 e. The molecule has 2 N–H and O–H groups in total. The molecule has 1 heterocycles. The first-order chi connectivity index (χ1) is 12.8. The molecule has 142 valence electrons. The summed E-state index contributed by atoms with van der Waals surface area (Å²) in [5, 5.41) is 12.5. The number of nitrogens with one attached hydrogen (secondary N) is 1. The van der Waals surface area contributed by atoms with E-state index < -0.39 is 35.2 Å². The molecule has 0 aromatic heterocycles. The van der Waals surface area contributed by atoms with Crippen LogP contribution in [0.3, 0.4) is 0 Å². The average Bonchev–Trinajstić information content (AvgIpc) is 2.87. The molecule has 27 heavy (non-hydrogen) atoms. The molecule has 2 atom stereocenters. The number of urea groups is 1. The standard InChI is InChI=1S/C19H18F2N2O4/c1-19(15-9-12(20)7-8-16(15)21)17(25)23(18(26)22-19)10-13(24)11-27-14-5-3-2-4-6-14/h2-9,13,24H,10-11H2,1H3,(H,22,26)/t13-,19-/m0/s1. The fourth-order valence-corrected chi connectivity index (χ4v) is 2.90. The quantitative estimate of drug-likeness (QED) is 0.758. The Morgan fingerprint density at radius 1 is 1.19 bits per heavy atom. The van der Waals surface area contributed by atoms with Gasteiger partial charge in [-0.2, -0.15) is 0 Å². The average molecular weight is 376 g/mol. The summed E-state index contributed by atoms with van der Waals surface area (Å²) in [6, 6.07) is 10.6. The zero-order chi connectivity index (χ0) is 19.6. The van der Waals surface area contributed by atoms with Crippen LogP contribution >= 0.6 is 0 Å². The van der Waals surface area contributed by atoms with E-state index in [1.54, 1.807) is 24.3 Å². The second-order valence-corrected chi connectivity index (χ2v) is 6.37. The lowest BCUT2D eigenvalue weighted by molar-refractivity contribution is -0.132. The van der Waals surface area contributed by atoms with Crippen LogP contribution in [-0.4, -0.2) is 41.2 Å². The molecule has 3 amide bonds. The Labute approximate surface area is 154 Å². The Morgan fingerprint density at radius 2 is 1.89 bits per heavy atom. The highest BCUT2D eigenvalue weighted by Gasteiger charge is 2.50. The molecule has 3 rings (SSSR count). The third-order valence-corrected chi connectivity index (χ3v) is 4.32. The van der Waals surface area contributed by atoms with E-state index in [-0.39, 0.29) is 18.7 Å². The molecule has 0 spiro atoms. The number of aliphatic hydroxyl groups is 1. The van der Waals surface area contributed by atoms with Crippen molar-refractivity contribution >= 4 is 11.9 Å². The predicted molar refractivity (Wildman–Crippen MR) is 91.9 cm³/mol. The Hall–Kier alpha value is -3.00. The smallest absolute Gasteiger partial charge is 0.325 e. The van der Waals surface area contributed by atoms with Crippen LogP contribution in [0.2, 0.25) is 0 Å². The lowest BCUT2D eigenvalue weighted by Gasteiger charge is -2.23. The first kappa shape index (κ1) is 18.8. The van der Waals surface area contributed by atoms with Crippen LogP contribution in [0.15, 0.2) is 48.5 Å². The number of rotatable bonds is 6. The maximum absolute atomic E-state index is 14.1. The number of imide groups is 1. The molecular weight excluding hydrogens is 358 g/mol.